The lowest BCUT2D eigenvalue weighted by Crippen LogP contribution is -2.29. The van der Waals surface area contributed by atoms with E-state index in [9.17, 15) is 5.11 Å². The maximum Gasteiger partial charge on any atom is 0.118 e. The van der Waals surface area contributed by atoms with Crippen LogP contribution in [0.4, 0.5) is 0 Å². The van der Waals surface area contributed by atoms with Gasteiger partial charge in [0.2, 0.25) is 0 Å². The molecule has 0 aliphatic rings. The molecule has 1 aromatic rings. The molecule has 1 atom stereocenters. The zero-order valence-corrected chi connectivity index (χ0v) is 12.6. The molecule has 4 heteroatoms. The lowest BCUT2D eigenvalue weighted by atomic mass is 9.89. The zero-order chi connectivity index (χ0) is 13.6. The molecule has 0 aliphatic heterocycles. The molecule has 0 radical (unpaired) electrons. The van der Waals surface area contributed by atoms with Crippen LogP contribution in [0.2, 0.25) is 0 Å². The summed E-state index contributed by atoms with van der Waals surface area (Å²) in [6.45, 7) is 7.69. The Hall–Kier alpha value is -0.450. The summed E-state index contributed by atoms with van der Waals surface area (Å²) in [5.41, 5.74) is 0.164. The Morgan fingerprint density at radius 2 is 2.00 bits per heavy atom. The van der Waals surface area contributed by atoms with Gasteiger partial charge in [-0.3, -0.25) is 0 Å². The maximum absolute atomic E-state index is 9.86. The lowest BCUT2D eigenvalue weighted by Gasteiger charge is -2.22. The Morgan fingerprint density at radius 1 is 1.33 bits per heavy atom. The van der Waals surface area contributed by atoms with Crippen LogP contribution < -0.4 is 5.32 Å². The highest BCUT2D eigenvalue weighted by Gasteiger charge is 2.16. The predicted molar refractivity (Wildman–Crippen MR) is 77.7 cm³/mol. The van der Waals surface area contributed by atoms with Gasteiger partial charge >= 0.3 is 0 Å². The first-order chi connectivity index (χ1) is 8.40. The summed E-state index contributed by atoms with van der Waals surface area (Å²) in [5.74, 6) is 2.85. The van der Waals surface area contributed by atoms with Crippen molar-refractivity contribution in [3.63, 3.8) is 0 Å². The van der Waals surface area contributed by atoms with Gasteiger partial charge in [-0.05, 0) is 30.2 Å². The summed E-state index contributed by atoms with van der Waals surface area (Å²) in [6.07, 6.45) is 2.56. The van der Waals surface area contributed by atoms with Gasteiger partial charge in [-0.2, -0.15) is 11.8 Å². The van der Waals surface area contributed by atoms with E-state index in [0.29, 0.717) is 13.1 Å². The number of aliphatic hydroxyl groups excluding tert-OH is 1. The van der Waals surface area contributed by atoms with E-state index in [2.05, 4.69) is 32.3 Å². The third-order valence-electron chi connectivity index (χ3n) is 2.53. The molecule has 2 N–H and O–H groups in total. The summed E-state index contributed by atoms with van der Waals surface area (Å²) in [4.78, 5) is 0. The maximum atomic E-state index is 9.86. The summed E-state index contributed by atoms with van der Waals surface area (Å²) in [7, 11) is 0. The number of hydrogen-bond acceptors (Lipinski definition) is 4. The van der Waals surface area contributed by atoms with Crippen LogP contribution in [0.3, 0.4) is 0 Å². The van der Waals surface area contributed by atoms with Gasteiger partial charge in [0, 0.05) is 6.54 Å². The van der Waals surface area contributed by atoms with E-state index in [1.54, 1.807) is 11.8 Å². The van der Waals surface area contributed by atoms with Crippen LogP contribution in [0, 0.1) is 5.41 Å². The number of thioether (sulfide) groups is 1. The average molecular weight is 271 g/mol. The van der Waals surface area contributed by atoms with Crippen LogP contribution in [0.1, 0.15) is 38.7 Å². The van der Waals surface area contributed by atoms with Crippen LogP contribution in [0.15, 0.2) is 16.5 Å². The highest BCUT2D eigenvalue weighted by Crippen LogP contribution is 2.20. The normalized spacial score (nSPS) is 13.8. The largest absolute Gasteiger partial charge is 0.464 e. The molecule has 1 unspecified atom stereocenters. The van der Waals surface area contributed by atoms with Gasteiger partial charge in [-0.1, -0.05) is 20.8 Å². The van der Waals surface area contributed by atoms with Crippen LogP contribution in [-0.2, 0) is 12.3 Å². The van der Waals surface area contributed by atoms with Crippen molar-refractivity contribution >= 4 is 11.8 Å². The Bertz CT molecular complexity index is 344. The fourth-order valence-corrected chi connectivity index (χ4v) is 2.32. The number of furan rings is 1. The molecule has 0 amide bonds. The van der Waals surface area contributed by atoms with Crippen LogP contribution in [0.25, 0.3) is 0 Å². The van der Waals surface area contributed by atoms with Gasteiger partial charge < -0.3 is 14.8 Å². The molecule has 0 fully saturated rings. The minimum Gasteiger partial charge on any atom is -0.464 e. The third kappa shape index (κ3) is 6.47. The van der Waals surface area contributed by atoms with Crippen molar-refractivity contribution in [1.82, 2.24) is 5.32 Å². The van der Waals surface area contributed by atoms with Crippen LogP contribution >= 0.6 is 11.8 Å². The van der Waals surface area contributed by atoms with E-state index in [1.807, 2.05) is 12.1 Å². The first kappa shape index (κ1) is 15.6. The molecule has 3 nitrogen and oxygen atoms in total. The van der Waals surface area contributed by atoms with Gasteiger partial charge in [-0.15, -0.1) is 0 Å². The molecule has 18 heavy (non-hydrogen) atoms. The van der Waals surface area contributed by atoms with Gasteiger partial charge in [0.1, 0.15) is 11.5 Å². The molecule has 1 heterocycles. The smallest absolute Gasteiger partial charge is 0.118 e. The number of aliphatic hydroxyl groups is 1. The second kappa shape index (κ2) is 7.22. The molecule has 0 spiro atoms. The second-order valence-corrected chi connectivity index (χ2v) is 6.72. The van der Waals surface area contributed by atoms with E-state index in [-0.39, 0.29) is 11.5 Å². The van der Waals surface area contributed by atoms with Gasteiger partial charge in [0.05, 0.1) is 18.4 Å². The number of nitrogens with one attached hydrogen (secondary N) is 1. The quantitative estimate of drug-likeness (QED) is 0.800. The van der Waals surface area contributed by atoms with Crippen molar-refractivity contribution in [3.8, 4) is 0 Å². The zero-order valence-electron chi connectivity index (χ0n) is 11.8. The molecular formula is C14H25NO2S. The summed E-state index contributed by atoms with van der Waals surface area (Å²) in [5, 5.41) is 13.1. The topological polar surface area (TPSA) is 45.4 Å². The Balaban J connectivity index is 2.24. The first-order valence-electron chi connectivity index (χ1n) is 6.36. The van der Waals surface area contributed by atoms with Crippen molar-refractivity contribution in [2.24, 2.45) is 5.41 Å². The average Bonchev–Trinajstić information content (AvgIpc) is 2.63. The van der Waals surface area contributed by atoms with E-state index >= 15 is 0 Å². The standard InChI is InChI=1S/C14H25NO2S/c1-14(2,3)7-11(16)8-15-9-12-5-6-13(17-12)10-18-4/h5-6,11,15-16H,7-10H2,1-4H3. The molecule has 104 valence electrons. The molecule has 1 aromatic heterocycles. The highest BCUT2D eigenvalue weighted by molar-refractivity contribution is 7.97. The molecule has 0 bridgehead atoms. The minimum atomic E-state index is -0.300. The summed E-state index contributed by atoms with van der Waals surface area (Å²) < 4.78 is 5.64. The van der Waals surface area contributed by atoms with E-state index in [1.165, 1.54) is 0 Å². The molecule has 0 aliphatic carbocycles. The van der Waals surface area contributed by atoms with Gasteiger partial charge in [-0.25, -0.2) is 0 Å². The van der Waals surface area contributed by atoms with E-state index in [4.69, 9.17) is 4.42 Å². The SMILES string of the molecule is CSCc1ccc(CNCC(O)CC(C)(C)C)o1. The Kier molecular flexibility index (Phi) is 6.26. The molecule has 1 rings (SSSR count). The molecule has 0 saturated carbocycles. The lowest BCUT2D eigenvalue weighted by molar-refractivity contribution is 0.119. The Labute approximate surface area is 114 Å². The van der Waals surface area contributed by atoms with Crippen molar-refractivity contribution < 1.29 is 9.52 Å². The summed E-state index contributed by atoms with van der Waals surface area (Å²) >= 11 is 1.75. The minimum absolute atomic E-state index is 0.164. The predicted octanol–water partition coefficient (Wildman–Crippen LogP) is 3.03. The van der Waals surface area contributed by atoms with Crippen LogP contribution in [0.5, 0.6) is 0 Å². The molecule has 0 saturated heterocycles. The fraction of sp³-hybridized carbons (Fsp3) is 0.714. The third-order valence-corrected chi connectivity index (χ3v) is 3.10. The van der Waals surface area contributed by atoms with Crippen molar-refractivity contribution in [2.75, 3.05) is 12.8 Å². The molecular weight excluding hydrogens is 246 g/mol. The van der Waals surface area contributed by atoms with Crippen molar-refractivity contribution in [2.45, 2.75) is 45.6 Å². The Morgan fingerprint density at radius 3 is 2.61 bits per heavy atom. The second-order valence-electron chi connectivity index (χ2n) is 5.85. The first-order valence-corrected chi connectivity index (χ1v) is 7.75. The summed E-state index contributed by atoms with van der Waals surface area (Å²) in [6, 6.07) is 4.01. The van der Waals surface area contributed by atoms with Crippen LogP contribution in [-0.4, -0.2) is 24.0 Å². The van der Waals surface area contributed by atoms with Gasteiger partial charge in [0.15, 0.2) is 0 Å². The highest BCUT2D eigenvalue weighted by atomic mass is 32.2. The van der Waals surface area contributed by atoms with E-state index in [0.717, 1.165) is 23.7 Å². The van der Waals surface area contributed by atoms with Gasteiger partial charge in [0.25, 0.3) is 0 Å². The van der Waals surface area contributed by atoms with Crippen molar-refractivity contribution in [1.29, 1.82) is 0 Å². The number of rotatable bonds is 7. The number of hydrogen-bond donors (Lipinski definition) is 2. The molecule has 0 aromatic carbocycles. The fourth-order valence-electron chi connectivity index (χ4n) is 1.88. The monoisotopic (exact) mass is 271 g/mol. The van der Waals surface area contributed by atoms with Crippen molar-refractivity contribution in [3.05, 3.63) is 23.7 Å². The van der Waals surface area contributed by atoms with E-state index < -0.39 is 0 Å².